The molecule has 2 saturated carbocycles. The molecular formula is C8H10O2. The maximum Gasteiger partial charge on any atom is 0.146 e. The molecule has 0 saturated heterocycles. The lowest BCUT2D eigenvalue weighted by atomic mass is 9.84. The highest BCUT2D eigenvalue weighted by Crippen LogP contribution is 2.51. The zero-order valence-corrected chi connectivity index (χ0v) is 5.85. The van der Waals surface area contributed by atoms with Crippen molar-refractivity contribution in [3.05, 3.63) is 0 Å². The summed E-state index contributed by atoms with van der Waals surface area (Å²) in [6, 6.07) is 0. The Morgan fingerprint density at radius 2 is 1.50 bits per heavy atom. The molecule has 0 N–H and O–H groups in total. The summed E-state index contributed by atoms with van der Waals surface area (Å²) in [5.41, 5.74) is -0.432. The highest BCUT2D eigenvalue weighted by molar-refractivity contribution is 6.11. The van der Waals surface area contributed by atoms with Crippen molar-refractivity contribution in [3.8, 4) is 0 Å². The van der Waals surface area contributed by atoms with E-state index in [0.29, 0.717) is 12.8 Å². The van der Waals surface area contributed by atoms with Crippen LogP contribution in [0.1, 0.15) is 32.1 Å². The van der Waals surface area contributed by atoms with Crippen LogP contribution in [0.4, 0.5) is 0 Å². The van der Waals surface area contributed by atoms with E-state index >= 15 is 0 Å². The topological polar surface area (TPSA) is 34.1 Å². The van der Waals surface area contributed by atoms with Crippen molar-refractivity contribution < 1.29 is 9.59 Å². The van der Waals surface area contributed by atoms with Crippen molar-refractivity contribution in [1.82, 2.24) is 0 Å². The van der Waals surface area contributed by atoms with E-state index in [-0.39, 0.29) is 11.6 Å². The zero-order chi connectivity index (χ0) is 7.19. The van der Waals surface area contributed by atoms with Gasteiger partial charge < -0.3 is 0 Å². The Kier molecular flexibility index (Phi) is 1.02. The minimum absolute atomic E-state index is 0.212. The SMILES string of the molecule is O=C1CCCC(=O)C12CC2. The highest BCUT2D eigenvalue weighted by Gasteiger charge is 2.56. The van der Waals surface area contributed by atoms with E-state index in [9.17, 15) is 9.59 Å². The summed E-state index contributed by atoms with van der Waals surface area (Å²) in [5.74, 6) is 0.424. The van der Waals surface area contributed by atoms with Crippen molar-refractivity contribution in [3.63, 3.8) is 0 Å². The van der Waals surface area contributed by atoms with Crippen LogP contribution in [0, 0.1) is 5.41 Å². The second-order valence-electron chi connectivity index (χ2n) is 3.28. The molecule has 0 amide bonds. The van der Waals surface area contributed by atoms with Gasteiger partial charge in [0.1, 0.15) is 11.6 Å². The van der Waals surface area contributed by atoms with Crippen molar-refractivity contribution in [1.29, 1.82) is 0 Å². The Hall–Kier alpha value is -0.660. The van der Waals surface area contributed by atoms with Crippen LogP contribution in [-0.4, -0.2) is 11.6 Å². The summed E-state index contributed by atoms with van der Waals surface area (Å²) in [5, 5.41) is 0. The molecule has 0 atom stereocenters. The lowest BCUT2D eigenvalue weighted by Gasteiger charge is -2.17. The van der Waals surface area contributed by atoms with E-state index in [2.05, 4.69) is 0 Å². The van der Waals surface area contributed by atoms with Crippen molar-refractivity contribution in [2.45, 2.75) is 32.1 Å². The van der Waals surface area contributed by atoms with Crippen molar-refractivity contribution in [2.24, 2.45) is 5.41 Å². The van der Waals surface area contributed by atoms with Crippen molar-refractivity contribution >= 4 is 11.6 Å². The van der Waals surface area contributed by atoms with E-state index in [4.69, 9.17) is 0 Å². The van der Waals surface area contributed by atoms with E-state index < -0.39 is 5.41 Å². The van der Waals surface area contributed by atoms with E-state index in [1.54, 1.807) is 0 Å². The molecule has 0 aromatic heterocycles. The fourth-order valence-corrected chi connectivity index (χ4v) is 1.73. The zero-order valence-electron chi connectivity index (χ0n) is 5.85. The maximum absolute atomic E-state index is 11.2. The molecule has 2 rings (SSSR count). The van der Waals surface area contributed by atoms with Gasteiger partial charge in [-0.1, -0.05) is 0 Å². The van der Waals surface area contributed by atoms with Crippen LogP contribution in [0.5, 0.6) is 0 Å². The van der Waals surface area contributed by atoms with E-state index in [1.165, 1.54) is 0 Å². The van der Waals surface area contributed by atoms with Crippen LogP contribution in [0.15, 0.2) is 0 Å². The Labute approximate surface area is 59.6 Å². The number of carbonyl (C=O) groups is 2. The summed E-state index contributed by atoms with van der Waals surface area (Å²) in [4.78, 5) is 22.3. The number of hydrogen-bond donors (Lipinski definition) is 0. The molecule has 10 heavy (non-hydrogen) atoms. The third kappa shape index (κ3) is 0.591. The summed E-state index contributed by atoms with van der Waals surface area (Å²) in [6.45, 7) is 0. The molecule has 2 nitrogen and oxygen atoms in total. The van der Waals surface area contributed by atoms with E-state index in [1.807, 2.05) is 0 Å². The second kappa shape index (κ2) is 1.68. The molecule has 0 radical (unpaired) electrons. The van der Waals surface area contributed by atoms with Crippen LogP contribution in [0.25, 0.3) is 0 Å². The third-order valence-electron chi connectivity index (χ3n) is 2.63. The molecule has 0 bridgehead atoms. The number of rotatable bonds is 0. The Balaban J connectivity index is 2.26. The fourth-order valence-electron chi connectivity index (χ4n) is 1.73. The maximum atomic E-state index is 11.2. The average Bonchev–Trinajstić information content (AvgIpc) is 2.64. The number of ketones is 2. The molecule has 0 heterocycles. The van der Waals surface area contributed by atoms with Gasteiger partial charge in [0, 0.05) is 12.8 Å². The summed E-state index contributed by atoms with van der Waals surface area (Å²) in [6.07, 6.45) is 3.76. The largest absolute Gasteiger partial charge is 0.299 e. The lowest BCUT2D eigenvalue weighted by molar-refractivity contribution is -0.137. The second-order valence-corrected chi connectivity index (χ2v) is 3.28. The normalized spacial score (nSPS) is 29.2. The van der Waals surface area contributed by atoms with Gasteiger partial charge in [0.25, 0.3) is 0 Å². The Morgan fingerprint density at radius 1 is 1.00 bits per heavy atom. The summed E-state index contributed by atoms with van der Waals surface area (Å²) in [7, 11) is 0. The quantitative estimate of drug-likeness (QED) is 0.469. The average molecular weight is 138 g/mol. The molecule has 0 aliphatic heterocycles. The predicted molar refractivity (Wildman–Crippen MR) is 35.5 cm³/mol. The molecule has 0 aromatic rings. The van der Waals surface area contributed by atoms with Gasteiger partial charge in [-0.2, -0.15) is 0 Å². The third-order valence-corrected chi connectivity index (χ3v) is 2.63. The first-order valence-corrected chi connectivity index (χ1v) is 3.82. The monoisotopic (exact) mass is 138 g/mol. The minimum atomic E-state index is -0.432. The van der Waals surface area contributed by atoms with E-state index in [0.717, 1.165) is 19.3 Å². The molecule has 2 heteroatoms. The molecule has 2 fully saturated rings. The summed E-state index contributed by atoms with van der Waals surface area (Å²) >= 11 is 0. The van der Waals surface area contributed by atoms with Gasteiger partial charge in [-0.05, 0) is 19.3 Å². The van der Waals surface area contributed by atoms with Gasteiger partial charge in [0.2, 0.25) is 0 Å². The number of hydrogen-bond acceptors (Lipinski definition) is 2. The molecule has 2 aliphatic rings. The lowest BCUT2D eigenvalue weighted by Crippen LogP contribution is -2.29. The van der Waals surface area contributed by atoms with Crippen LogP contribution < -0.4 is 0 Å². The van der Waals surface area contributed by atoms with Gasteiger partial charge in [-0.3, -0.25) is 9.59 Å². The van der Waals surface area contributed by atoms with Crippen LogP contribution in [0.2, 0.25) is 0 Å². The number of Topliss-reactive ketones (excluding diaryl/α,β-unsaturated/α-hetero) is 2. The minimum Gasteiger partial charge on any atom is -0.299 e. The van der Waals surface area contributed by atoms with Crippen LogP contribution in [0.3, 0.4) is 0 Å². The van der Waals surface area contributed by atoms with Gasteiger partial charge in [-0.25, -0.2) is 0 Å². The van der Waals surface area contributed by atoms with Gasteiger partial charge in [0.15, 0.2) is 0 Å². The van der Waals surface area contributed by atoms with Gasteiger partial charge in [-0.15, -0.1) is 0 Å². The number of carbonyl (C=O) groups excluding carboxylic acids is 2. The Bertz CT molecular complexity index is 183. The highest BCUT2D eigenvalue weighted by atomic mass is 16.2. The van der Waals surface area contributed by atoms with Gasteiger partial charge >= 0.3 is 0 Å². The molecule has 0 unspecified atom stereocenters. The first kappa shape index (κ1) is 6.08. The van der Waals surface area contributed by atoms with Gasteiger partial charge in [0.05, 0.1) is 5.41 Å². The molecule has 54 valence electrons. The predicted octanol–water partition coefficient (Wildman–Crippen LogP) is 1.09. The molecular weight excluding hydrogens is 128 g/mol. The smallest absolute Gasteiger partial charge is 0.146 e. The fraction of sp³-hybridized carbons (Fsp3) is 0.750. The standard InChI is InChI=1S/C8H10O2/c9-6-2-1-3-7(10)8(6)4-5-8/h1-5H2. The Morgan fingerprint density at radius 3 is 1.80 bits per heavy atom. The molecule has 1 spiro atoms. The van der Waals surface area contributed by atoms with Crippen molar-refractivity contribution in [2.75, 3.05) is 0 Å². The summed E-state index contributed by atoms with van der Waals surface area (Å²) < 4.78 is 0. The van der Waals surface area contributed by atoms with Crippen LogP contribution in [-0.2, 0) is 9.59 Å². The molecule has 2 aliphatic carbocycles. The first-order chi connectivity index (χ1) is 4.76. The first-order valence-electron chi connectivity index (χ1n) is 3.82. The molecule has 0 aromatic carbocycles. The van der Waals surface area contributed by atoms with Crippen LogP contribution >= 0.6 is 0 Å².